The van der Waals surface area contributed by atoms with Crippen molar-refractivity contribution < 1.29 is 19.1 Å². The number of aryl methyl sites for hydroxylation is 1. The summed E-state index contributed by atoms with van der Waals surface area (Å²) in [5, 5.41) is 0. The topological polar surface area (TPSA) is 59.1 Å². The monoisotopic (exact) mass is 472 g/mol. The number of hydrogen-bond acceptors (Lipinski definition) is 4. The molecule has 4 rings (SSSR count). The van der Waals surface area contributed by atoms with Gasteiger partial charge in [0.1, 0.15) is 11.5 Å². The third kappa shape index (κ3) is 5.32. The number of methoxy groups -OCH3 is 2. The van der Waals surface area contributed by atoms with Gasteiger partial charge in [-0.2, -0.15) is 0 Å². The van der Waals surface area contributed by atoms with Crippen molar-refractivity contribution in [2.75, 3.05) is 34.4 Å². The van der Waals surface area contributed by atoms with Crippen LogP contribution in [0, 0.1) is 12.8 Å². The Morgan fingerprint density at radius 3 is 2.31 bits per heavy atom. The Bertz CT molecular complexity index is 1180. The first kappa shape index (κ1) is 24.3. The van der Waals surface area contributed by atoms with E-state index in [1.807, 2.05) is 86.8 Å². The highest BCUT2D eigenvalue weighted by molar-refractivity contribution is 5.95. The molecule has 0 bridgehead atoms. The number of hydrogen-bond donors (Lipinski definition) is 0. The van der Waals surface area contributed by atoms with E-state index in [1.54, 1.807) is 24.0 Å². The molecular weight excluding hydrogens is 440 g/mol. The van der Waals surface area contributed by atoms with Gasteiger partial charge >= 0.3 is 0 Å². The molecule has 1 aliphatic heterocycles. The summed E-state index contributed by atoms with van der Waals surface area (Å²) in [5.41, 5.74) is 3.65. The molecule has 3 aromatic carbocycles. The third-order valence-corrected chi connectivity index (χ3v) is 6.70. The van der Waals surface area contributed by atoms with Crippen LogP contribution < -0.4 is 9.47 Å². The van der Waals surface area contributed by atoms with Gasteiger partial charge in [-0.3, -0.25) is 9.59 Å². The van der Waals surface area contributed by atoms with E-state index in [1.165, 1.54) is 0 Å². The van der Waals surface area contributed by atoms with Crippen molar-refractivity contribution in [3.63, 3.8) is 0 Å². The fraction of sp³-hybridized carbons (Fsp3) is 0.310. The number of ether oxygens (including phenoxy) is 2. The highest BCUT2D eigenvalue weighted by Crippen LogP contribution is 2.40. The summed E-state index contributed by atoms with van der Waals surface area (Å²) in [6.45, 7) is 3.26. The van der Waals surface area contributed by atoms with Crippen LogP contribution in [0.25, 0.3) is 0 Å². The summed E-state index contributed by atoms with van der Waals surface area (Å²) in [6.07, 6.45) is 0. The van der Waals surface area contributed by atoms with Gasteiger partial charge in [0.2, 0.25) is 5.91 Å². The molecule has 0 spiro atoms. The number of carbonyl (C=O) groups is 2. The van der Waals surface area contributed by atoms with E-state index in [0.29, 0.717) is 36.7 Å². The van der Waals surface area contributed by atoms with E-state index in [4.69, 9.17) is 9.47 Å². The van der Waals surface area contributed by atoms with Crippen LogP contribution in [0.15, 0.2) is 72.8 Å². The van der Waals surface area contributed by atoms with Crippen molar-refractivity contribution in [3.05, 3.63) is 95.1 Å². The Morgan fingerprint density at radius 2 is 1.66 bits per heavy atom. The lowest BCUT2D eigenvalue weighted by molar-refractivity contribution is -0.134. The van der Waals surface area contributed by atoms with Gasteiger partial charge in [-0.15, -0.1) is 0 Å². The van der Waals surface area contributed by atoms with Gasteiger partial charge in [-0.25, -0.2) is 0 Å². The Kier molecular flexibility index (Phi) is 7.39. The van der Waals surface area contributed by atoms with Gasteiger partial charge < -0.3 is 19.3 Å². The Labute approximate surface area is 207 Å². The highest BCUT2D eigenvalue weighted by Gasteiger charge is 2.43. The van der Waals surface area contributed by atoms with Crippen LogP contribution in [0.1, 0.15) is 33.0 Å². The minimum Gasteiger partial charge on any atom is -0.497 e. The first-order valence-corrected chi connectivity index (χ1v) is 11.8. The molecule has 2 atom stereocenters. The fourth-order valence-corrected chi connectivity index (χ4v) is 4.76. The molecule has 3 aromatic rings. The number of amides is 2. The van der Waals surface area contributed by atoms with Gasteiger partial charge in [0.05, 0.1) is 20.1 Å². The second-order valence-corrected chi connectivity index (χ2v) is 9.08. The van der Waals surface area contributed by atoms with Gasteiger partial charge in [-0.1, -0.05) is 48.0 Å². The van der Waals surface area contributed by atoms with Crippen LogP contribution in [0.5, 0.6) is 11.5 Å². The molecule has 2 amide bonds. The number of benzene rings is 3. The zero-order valence-corrected chi connectivity index (χ0v) is 20.7. The maximum atomic E-state index is 13.8. The zero-order valence-electron chi connectivity index (χ0n) is 20.7. The quantitative estimate of drug-likeness (QED) is 0.507. The molecule has 6 nitrogen and oxygen atoms in total. The van der Waals surface area contributed by atoms with Crippen molar-refractivity contribution >= 4 is 11.8 Å². The third-order valence-electron chi connectivity index (χ3n) is 6.70. The smallest absolute Gasteiger partial charge is 0.253 e. The fourth-order valence-electron chi connectivity index (χ4n) is 4.76. The van der Waals surface area contributed by atoms with Gasteiger partial charge in [0.15, 0.2) is 0 Å². The molecule has 0 aromatic heterocycles. The maximum absolute atomic E-state index is 13.8. The molecule has 6 heteroatoms. The molecular formula is C29H32N2O4. The molecule has 35 heavy (non-hydrogen) atoms. The van der Waals surface area contributed by atoms with Crippen LogP contribution in [0.3, 0.4) is 0 Å². The van der Waals surface area contributed by atoms with Crippen molar-refractivity contribution in [1.29, 1.82) is 0 Å². The van der Waals surface area contributed by atoms with Crippen LogP contribution in [-0.4, -0.2) is 56.0 Å². The first-order valence-electron chi connectivity index (χ1n) is 11.8. The average Bonchev–Trinajstić information content (AvgIpc) is 3.33. The second kappa shape index (κ2) is 10.6. The largest absolute Gasteiger partial charge is 0.497 e. The summed E-state index contributed by atoms with van der Waals surface area (Å²) >= 11 is 0. The lowest BCUT2D eigenvalue weighted by Gasteiger charge is -2.25. The Balaban J connectivity index is 1.66. The molecule has 1 aliphatic rings. The number of rotatable bonds is 7. The van der Waals surface area contributed by atoms with E-state index >= 15 is 0 Å². The van der Waals surface area contributed by atoms with Crippen molar-refractivity contribution in [3.8, 4) is 11.5 Å². The average molecular weight is 473 g/mol. The highest BCUT2D eigenvalue weighted by atomic mass is 16.5. The lowest BCUT2D eigenvalue weighted by atomic mass is 9.87. The molecule has 0 saturated carbocycles. The zero-order chi connectivity index (χ0) is 24.9. The summed E-state index contributed by atoms with van der Waals surface area (Å²) in [4.78, 5) is 30.7. The number of nitrogens with zero attached hydrogens (tertiary/aromatic N) is 2. The van der Waals surface area contributed by atoms with Gasteiger partial charge in [0, 0.05) is 43.7 Å². The van der Waals surface area contributed by atoms with E-state index in [9.17, 15) is 9.59 Å². The van der Waals surface area contributed by atoms with E-state index in [-0.39, 0.29) is 17.7 Å². The summed E-state index contributed by atoms with van der Waals surface area (Å²) in [6, 6.07) is 23.1. The van der Waals surface area contributed by atoms with Crippen molar-refractivity contribution in [2.45, 2.75) is 19.4 Å². The SMILES string of the molecule is COc1ccc(OC)c([C@@H]2CN(C(=O)c3ccc(C)cc3)C[C@H]2C(=O)N(C)Cc2ccccc2)c1. The molecule has 1 fully saturated rings. The second-order valence-electron chi connectivity index (χ2n) is 9.08. The molecule has 0 aliphatic carbocycles. The molecule has 0 radical (unpaired) electrons. The normalized spacial score (nSPS) is 17.2. The molecule has 182 valence electrons. The van der Waals surface area contributed by atoms with Crippen molar-refractivity contribution in [2.24, 2.45) is 5.92 Å². The van der Waals surface area contributed by atoms with Crippen molar-refractivity contribution in [1.82, 2.24) is 9.80 Å². The predicted octanol–water partition coefficient (Wildman–Crippen LogP) is 4.53. The molecule has 1 heterocycles. The van der Waals surface area contributed by atoms with Gasteiger partial charge in [0.25, 0.3) is 5.91 Å². The van der Waals surface area contributed by atoms with E-state index in [0.717, 1.165) is 16.7 Å². The van der Waals surface area contributed by atoms with Gasteiger partial charge in [-0.05, 0) is 42.8 Å². The minimum absolute atomic E-state index is 0.00271. The lowest BCUT2D eigenvalue weighted by Crippen LogP contribution is -2.36. The van der Waals surface area contributed by atoms with Crippen LogP contribution >= 0.6 is 0 Å². The van der Waals surface area contributed by atoms with E-state index in [2.05, 4.69) is 0 Å². The maximum Gasteiger partial charge on any atom is 0.253 e. The minimum atomic E-state index is -0.404. The van der Waals surface area contributed by atoms with Crippen LogP contribution in [0.4, 0.5) is 0 Å². The molecule has 1 saturated heterocycles. The van der Waals surface area contributed by atoms with Crippen LogP contribution in [0.2, 0.25) is 0 Å². The van der Waals surface area contributed by atoms with E-state index < -0.39 is 5.92 Å². The Morgan fingerprint density at radius 1 is 0.943 bits per heavy atom. The Hall–Kier alpha value is -3.80. The molecule has 0 unspecified atom stereocenters. The summed E-state index contributed by atoms with van der Waals surface area (Å²) in [7, 11) is 5.05. The predicted molar refractivity (Wildman–Crippen MR) is 136 cm³/mol. The summed E-state index contributed by atoms with van der Waals surface area (Å²) in [5.74, 6) is 0.678. The first-order chi connectivity index (χ1) is 16.9. The number of likely N-dealkylation sites (tertiary alicyclic amines) is 1. The van der Waals surface area contributed by atoms with Crippen LogP contribution in [-0.2, 0) is 11.3 Å². The summed E-state index contributed by atoms with van der Waals surface area (Å²) < 4.78 is 11.1. The molecule has 0 N–H and O–H groups in total. The number of carbonyl (C=O) groups excluding carboxylic acids is 2. The standard InChI is InChI=1S/C29H32N2O4/c1-20-10-12-22(13-11-20)28(32)31-18-25(24-16-23(34-3)14-15-27(24)35-4)26(19-31)29(33)30(2)17-21-8-6-5-7-9-21/h5-16,25-26H,17-19H2,1-4H3/t25-,26+/m0/s1.